The fourth-order valence-corrected chi connectivity index (χ4v) is 2.17. The molecule has 0 amide bonds. The van der Waals surface area contributed by atoms with Gasteiger partial charge in [-0.05, 0) is 25.6 Å². The summed E-state index contributed by atoms with van der Waals surface area (Å²) in [6.45, 7) is 2.73. The van der Waals surface area contributed by atoms with Crippen LogP contribution in [0.5, 0.6) is 0 Å². The maximum absolute atomic E-state index is 12.8. The number of nitrogens with one attached hydrogen (secondary N) is 1. The van der Waals surface area contributed by atoms with Crippen molar-refractivity contribution >= 4 is 0 Å². The minimum absolute atomic E-state index is 0.176. The van der Waals surface area contributed by atoms with Crippen LogP contribution in [0.2, 0.25) is 0 Å². The molecule has 2 heterocycles. The average molecular weight is 268 g/mol. The number of nitrogens with zero attached hydrogens (tertiary/aromatic N) is 3. The van der Waals surface area contributed by atoms with Gasteiger partial charge in [-0.3, -0.25) is 4.57 Å². The SMILES string of the molecule is CCNC(C)c1cccn1Cc1nccn1C(F)F. The van der Waals surface area contributed by atoms with Crippen molar-refractivity contribution in [3.63, 3.8) is 0 Å². The quantitative estimate of drug-likeness (QED) is 0.874. The molecule has 104 valence electrons. The van der Waals surface area contributed by atoms with Crippen LogP contribution in [0, 0.1) is 0 Å². The average Bonchev–Trinajstić information content (AvgIpc) is 2.98. The zero-order chi connectivity index (χ0) is 13.8. The van der Waals surface area contributed by atoms with Gasteiger partial charge in [0.1, 0.15) is 5.82 Å². The van der Waals surface area contributed by atoms with Crippen LogP contribution in [0.3, 0.4) is 0 Å². The molecule has 0 aliphatic carbocycles. The van der Waals surface area contributed by atoms with E-state index in [1.807, 2.05) is 29.8 Å². The number of imidazole rings is 1. The number of hydrogen-bond donors (Lipinski definition) is 1. The van der Waals surface area contributed by atoms with Crippen molar-refractivity contribution < 1.29 is 8.78 Å². The first kappa shape index (κ1) is 13.7. The van der Waals surface area contributed by atoms with Crippen LogP contribution in [0.4, 0.5) is 8.78 Å². The van der Waals surface area contributed by atoms with E-state index in [4.69, 9.17) is 0 Å². The van der Waals surface area contributed by atoms with Crippen molar-refractivity contribution in [1.29, 1.82) is 0 Å². The standard InChI is InChI=1S/C13H18F2N4/c1-3-16-10(2)11-5-4-7-18(11)9-12-17-6-8-19(12)13(14)15/h4-8,10,13,16H,3,9H2,1-2H3. The summed E-state index contributed by atoms with van der Waals surface area (Å²) in [5, 5.41) is 3.31. The summed E-state index contributed by atoms with van der Waals surface area (Å²) >= 11 is 0. The molecule has 19 heavy (non-hydrogen) atoms. The molecule has 0 bridgehead atoms. The Morgan fingerprint density at radius 1 is 1.37 bits per heavy atom. The minimum atomic E-state index is -2.55. The van der Waals surface area contributed by atoms with E-state index in [0.717, 1.165) is 16.8 Å². The fraction of sp³-hybridized carbons (Fsp3) is 0.462. The summed E-state index contributed by atoms with van der Waals surface area (Å²) in [7, 11) is 0. The molecule has 6 heteroatoms. The van der Waals surface area contributed by atoms with Crippen LogP contribution < -0.4 is 5.32 Å². The highest BCUT2D eigenvalue weighted by molar-refractivity contribution is 5.13. The third kappa shape index (κ3) is 3.01. The number of alkyl halides is 2. The molecule has 2 aromatic heterocycles. The van der Waals surface area contributed by atoms with Crippen molar-refractivity contribution in [2.75, 3.05) is 6.54 Å². The minimum Gasteiger partial charge on any atom is -0.342 e. The summed E-state index contributed by atoms with van der Waals surface area (Å²) in [6, 6.07) is 4.08. The predicted molar refractivity (Wildman–Crippen MR) is 69.1 cm³/mol. The molecule has 2 aromatic rings. The van der Waals surface area contributed by atoms with E-state index < -0.39 is 6.55 Å². The molecule has 0 fully saturated rings. The molecule has 1 atom stereocenters. The zero-order valence-electron chi connectivity index (χ0n) is 11.1. The van der Waals surface area contributed by atoms with E-state index in [2.05, 4.69) is 17.2 Å². The van der Waals surface area contributed by atoms with E-state index in [1.54, 1.807) is 0 Å². The predicted octanol–water partition coefficient (Wildman–Crippen LogP) is 2.80. The molecule has 1 unspecified atom stereocenters. The van der Waals surface area contributed by atoms with Gasteiger partial charge in [-0.2, -0.15) is 8.78 Å². The second kappa shape index (κ2) is 5.97. The maximum Gasteiger partial charge on any atom is 0.319 e. The Balaban J connectivity index is 2.19. The van der Waals surface area contributed by atoms with E-state index >= 15 is 0 Å². The van der Waals surface area contributed by atoms with E-state index in [0.29, 0.717) is 12.4 Å². The van der Waals surface area contributed by atoms with Gasteiger partial charge < -0.3 is 9.88 Å². The van der Waals surface area contributed by atoms with Crippen molar-refractivity contribution in [2.45, 2.75) is 33.0 Å². The summed E-state index contributed by atoms with van der Waals surface area (Å²) in [6.07, 6.45) is 4.59. The first-order valence-electron chi connectivity index (χ1n) is 6.31. The van der Waals surface area contributed by atoms with Crippen molar-refractivity contribution in [2.24, 2.45) is 0 Å². The van der Waals surface area contributed by atoms with Gasteiger partial charge in [-0.1, -0.05) is 6.92 Å². The summed E-state index contributed by atoms with van der Waals surface area (Å²) in [4.78, 5) is 4.00. The highest BCUT2D eigenvalue weighted by atomic mass is 19.3. The Kier molecular flexibility index (Phi) is 4.31. The molecular weight excluding hydrogens is 250 g/mol. The van der Waals surface area contributed by atoms with E-state index in [1.165, 1.54) is 12.4 Å². The van der Waals surface area contributed by atoms with Gasteiger partial charge in [0.25, 0.3) is 0 Å². The summed E-state index contributed by atoms with van der Waals surface area (Å²) in [5.41, 5.74) is 1.06. The zero-order valence-corrected chi connectivity index (χ0v) is 11.1. The van der Waals surface area contributed by atoms with Crippen LogP contribution >= 0.6 is 0 Å². The fourth-order valence-electron chi connectivity index (χ4n) is 2.17. The van der Waals surface area contributed by atoms with Crippen molar-refractivity contribution in [1.82, 2.24) is 19.4 Å². The highest BCUT2D eigenvalue weighted by Gasteiger charge is 2.14. The Labute approximate surface area is 111 Å². The molecule has 0 radical (unpaired) electrons. The monoisotopic (exact) mass is 268 g/mol. The second-order valence-electron chi connectivity index (χ2n) is 4.37. The molecule has 0 aliphatic heterocycles. The van der Waals surface area contributed by atoms with Crippen molar-refractivity contribution in [3.05, 3.63) is 42.2 Å². The van der Waals surface area contributed by atoms with Crippen LogP contribution in [0.15, 0.2) is 30.7 Å². The number of halogens is 2. The third-order valence-electron chi connectivity index (χ3n) is 3.09. The van der Waals surface area contributed by atoms with Gasteiger partial charge >= 0.3 is 6.55 Å². The molecule has 2 rings (SSSR count). The van der Waals surface area contributed by atoms with E-state index in [-0.39, 0.29) is 6.04 Å². The smallest absolute Gasteiger partial charge is 0.319 e. The largest absolute Gasteiger partial charge is 0.342 e. The van der Waals surface area contributed by atoms with Crippen LogP contribution in [-0.2, 0) is 6.54 Å². The second-order valence-corrected chi connectivity index (χ2v) is 4.37. The van der Waals surface area contributed by atoms with Gasteiger partial charge in [0.05, 0.1) is 6.54 Å². The van der Waals surface area contributed by atoms with Gasteiger partial charge in [0.15, 0.2) is 0 Å². The highest BCUT2D eigenvalue weighted by Crippen LogP contribution is 2.17. The van der Waals surface area contributed by atoms with Crippen LogP contribution in [0.1, 0.15) is 38.0 Å². The van der Waals surface area contributed by atoms with Gasteiger partial charge in [-0.25, -0.2) is 4.98 Å². The molecular formula is C13H18F2N4. The topological polar surface area (TPSA) is 34.8 Å². The number of rotatable bonds is 6. The normalized spacial score (nSPS) is 13.1. The van der Waals surface area contributed by atoms with Crippen LogP contribution in [-0.4, -0.2) is 20.7 Å². The van der Waals surface area contributed by atoms with Gasteiger partial charge in [0, 0.05) is 30.3 Å². The van der Waals surface area contributed by atoms with Crippen molar-refractivity contribution in [3.8, 4) is 0 Å². The molecule has 1 N–H and O–H groups in total. The lowest BCUT2D eigenvalue weighted by atomic mass is 10.2. The first-order valence-corrected chi connectivity index (χ1v) is 6.31. The lowest BCUT2D eigenvalue weighted by molar-refractivity contribution is 0.0666. The molecule has 4 nitrogen and oxygen atoms in total. The number of aromatic nitrogens is 3. The van der Waals surface area contributed by atoms with Crippen LogP contribution in [0.25, 0.3) is 0 Å². The Morgan fingerprint density at radius 3 is 2.84 bits per heavy atom. The summed E-state index contributed by atoms with van der Waals surface area (Å²) < 4.78 is 28.4. The maximum atomic E-state index is 12.8. The Hall–Kier alpha value is -1.69. The Bertz CT molecular complexity index is 518. The lowest BCUT2D eigenvalue weighted by Gasteiger charge is -2.16. The third-order valence-corrected chi connectivity index (χ3v) is 3.09. The van der Waals surface area contributed by atoms with Gasteiger partial charge in [0.2, 0.25) is 0 Å². The van der Waals surface area contributed by atoms with Gasteiger partial charge in [-0.15, -0.1) is 0 Å². The molecule has 0 aromatic carbocycles. The molecule has 0 saturated carbocycles. The number of hydrogen-bond acceptors (Lipinski definition) is 2. The lowest BCUT2D eigenvalue weighted by Crippen LogP contribution is -2.21. The molecule has 0 saturated heterocycles. The first-order chi connectivity index (χ1) is 9.13. The molecule has 0 spiro atoms. The van der Waals surface area contributed by atoms with E-state index in [9.17, 15) is 8.78 Å². The summed E-state index contributed by atoms with van der Waals surface area (Å²) in [5.74, 6) is 0.358. The Morgan fingerprint density at radius 2 is 2.16 bits per heavy atom. The molecule has 0 aliphatic rings.